The first-order chi connectivity index (χ1) is 57.4. The van der Waals surface area contributed by atoms with Gasteiger partial charge >= 0.3 is 31.1 Å². The maximum absolute atomic E-state index is 13.6. The number of H-pyrrole nitrogens is 2. The molecule has 0 bridgehead atoms. The highest BCUT2D eigenvalue weighted by Crippen LogP contribution is 2.41. The van der Waals surface area contributed by atoms with Crippen LogP contribution in [0.5, 0.6) is 23.0 Å². The second-order valence-electron chi connectivity index (χ2n) is 28.3. The van der Waals surface area contributed by atoms with E-state index >= 15 is 0 Å². The number of nitrogens with one attached hydrogen (secondary N) is 3. The minimum absolute atomic E-state index is 0. The third-order valence-electron chi connectivity index (χ3n) is 19.7. The van der Waals surface area contributed by atoms with Gasteiger partial charge in [0.15, 0.2) is 47.8 Å². The minimum atomic E-state index is -4.10. The Morgan fingerprint density at radius 1 is 0.520 bits per heavy atom. The molecular weight excluding hydrogens is 1880 g/mol. The summed E-state index contributed by atoms with van der Waals surface area (Å²) in [7, 11) is -1.05. The molecule has 6 aromatic heterocycles. The van der Waals surface area contributed by atoms with Crippen LogP contribution in [0.15, 0.2) is 131 Å². The van der Waals surface area contributed by atoms with Crippen molar-refractivity contribution in [2.24, 2.45) is 40.0 Å². The Bertz CT molecular complexity index is 5280. The van der Waals surface area contributed by atoms with Gasteiger partial charge in [-0.25, -0.2) is 63.6 Å². The van der Waals surface area contributed by atoms with Crippen LogP contribution in [0.4, 0.5) is 17.6 Å². The Hall–Kier alpha value is -7.46. The molecule has 8 aromatic rings. The zero-order valence-corrected chi connectivity index (χ0v) is 77.2. The second kappa shape index (κ2) is 49.4. The zero-order valence-electron chi connectivity index (χ0n) is 68.1. The fourth-order valence-electron chi connectivity index (χ4n) is 13.0. The van der Waals surface area contributed by atoms with E-state index in [0.29, 0.717) is 96.1 Å². The van der Waals surface area contributed by atoms with Gasteiger partial charge in [0.1, 0.15) is 44.3 Å². The first-order valence-corrected chi connectivity index (χ1v) is 45.9. The summed E-state index contributed by atoms with van der Waals surface area (Å²) < 4.78 is 193. The van der Waals surface area contributed by atoms with Crippen LogP contribution >= 0.6 is 84.1 Å². The van der Waals surface area contributed by atoms with Crippen molar-refractivity contribution >= 4 is 141 Å². The monoisotopic (exact) mass is 1980 g/mol. The number of ether oxygens (including phenoxy) is 7. The van der Waals surface area contributed by atoms with E-state index in [1.165, 1.54) is 127 Å². The number of pyridine rings is 2. The van der Waals surface area contributed by atoms with Gasteiger partial charge in [-0.3, -0.25) is 14.4 Å². The van der Waals surface area contributed by atoms with Crippen molar-refractivity contribution in [2.45, 2.75) is 160 Å². The van der Waals surface area contributed by atoms with Gasteiger partial charge in [-0.15, -0.1) is 0 Å². The highest BCUT2D eigenvalue weighted by Gasteiger charge is 2.45. The highest BCUT2D eigenvalue weighted by molar-refractivity contribution is 8.13. The van der Waals surface area contributed by atoms with Gasteiger partial charge in [0.2, 0.25) is 20.6 Å². The summed E-state index contributed by atoms with van der Waals surface area (Å²) in [6.45, 7) is -3.57. The van der Waals surface area contributed by atoms with Crippen molar-refractivity contribution in [3.8, 4) is 23.0 Å². The largest absolute Gasteiger partial charge is 0.870 e. The van der Waals surface area contributed by atoms with E-state index < -0.39 is 88.6 Å². The van der Waals surface area contributed by atoms with E-state index in [1.807, 2.05) is 0 Å². The molecule has 6 aliphatic rings. The summed E-state index contributed by atoms with van der Waals surface area (Å²) in [6.07, 6.45) is 25.5. The lowest BCUT2D eigenvalue weighted by atomic mass is 10.0. The smallest absolute Gasteiger partial charge is 0.387 e. The number of carbonyl (C=O) groups excluding carboxylic acids is 3. The first kappa shape index (κ1) is 108. The van der Waals surface area contributed by atoms with E-state index in [4.69, 9.17) is 76.4 Å². The number of hydrogen-bond donors (Lipinski definition) is 3. The maximum Gasteiger partial charge on any atom is 0.387 e. The number of hydrogen-bond acceptors (Lipinski definition) is 27. The van der Waals surface area contributed by atoms with Crippen molar-refractivity contribution in [3.05, 3.63) is 153 Å². The molecule has 2 aromatic carbocycles. The Labute approximate surface area is 758 Å². The van der Waals surface area contributed by atoms with E-state index in [1.54, 1.807) is 53.0 Å². The molecule has 0 unspecified atom stereocenters. The van der Waals surface area contributed by atoms with Crippen molar-refractivity contribution in [1.82, 2.24) is 56.4 Å². The molecule has 696 valence electrons. The molecule has 4 aliphatic heterocycles. The van der Waals surface area contributed by atoms with Crippen LogP contribution in [0.25, 0.3) is 0 Å². The molecule has 0 spiro atoms. The van der Waals surface area contributed by atoms with Gasteiger partial charge in [0.05, 0.1) is 40.1 Å². The second-order valence-corrected chi connectivity index (χ2v) is 37.8. The van der Waals surface area contributed by atoms with E-state index in [9.17, 15) is 70.7 Å². The number of halogens is 9. The molecule has 14 rings (SSSR count). The number of aliphatic hydroxyl groups excluding tert-OH is 2. The number of imidazole rings is 4. The van der Waals surface area contributed by atoms with E-state index in [2.05, 4.69) is 54.2 Å². The van der Waals surface area contributed by atoms with Crippen LogP contribution in [0.1, 0.15) is 112 Å². The maximum atomic E-state index is 13.6. The van der Waals surface area contributed by atoms with Gasteiger partial charge in [0, 0.05) is 138 Å². The predicted octanol–water partition coefficient (Wildman–Crippen LogP) is 8.53. The van der Waals surface area contributed by atoms with Crippen LogP contribution in [0.3, 0.4) is 0 Å². The Balaban J connectivity index is 0.000000287. The standard InChI is InChI=1S/C27H28Cl2F2N4O6S.C18H17Cl2F2NO3.C10H15N3O4S.C9H15N3O3S.C6H11NO2.C4H5ClN2O2S.2H2O.2H2S/c1-34-10-8-33-27(34)42(37,38)35-9-2-3-21(35)25(36)40-23(12-18-19(28)13-32-14-20(18)29)17-6-7-22(41-26(30)31)24(11-17)39-15-16-4-5-16;19-13-7-23-8-14(20)12(13)6-15(24)11-3-4-16(26-18(21)22)17(5-11)25-9-10-1-2-10;1-12-7-5-11-10(12)18(15,16)13-6-3-4-8(13)9(14)17-2;1-11-6-4-10-9(11)16(14,15)12-5-2-3-8(12)7-13;1-9-6(8)5-3-2-4-7-5;1-7-3-2-6-4(7)10(5,8)9;;;;/h6-8,10-11,13-14,16,21,23,26H,2-5,9,12,15H2,1H3;3-5,7-8,10,15,18,24H,1-2,6,9H2;5,7-8H,3-4,6H2,1-2H3;4,6,8,13H,2-3,5,7H2,1H3;5,7H,2-4H2,1H3;2-3H,1H3;4*1H2/t21-,23-;15-;2*8-;5-;;;;;/m00000...../s1. The highest BCUT2D eigenvalue weighted by atomic mass is 35.7. The van der Waals surface area contributed by atoms with Crippen LogP contribution in [0.2, 0.25) is 20.1 Å². The van der Waals surface area contributed by atoms with Gasteiger partial charge < -0.3 is 77.9 Å². The number of methoxy groups -OCH3 is 2. The molecule has 0 amide bonds. The number of rotatable bonds is 28. The summed E-state index contributed by atoms with van der Waals surface area (Å²) in [5.41, 5.74) is 1.95. The summed E-state index contributed by atoms with van der Waals surface area (Å²) in [4.78, 5) is 56.7. The quantitative estimate of drug-likeness (QED) is 0.0179. The summed E-state index contributed by atoms with van der Waals surface area (Å²) >= 11 is 25.0. The van der Waals surface area contributed by atoms with E-state index in [-0.39, 0.29) is 142 Å². The predicted molar refractivity (Wildman–Crippen MR) is 453 cm³/mol. The number of alkyl halides is 4. The minimum Gasteiger partial charge on any atom is -0.870 e. The average molecular weight is 1980 g/mol. The van der Waals surface area contributed by atoms with Gasteiger partial charge in [-0.1, -0.05) is 58.5 Å². The Morgan fingerprint density at radius 3 is 1.27 bits per heavy atom. The third kappa shape index (κ3) is 29.5. The number of esters is 3. The normalized spacial score (nSPS) is 18.1. The molecule has 6 fully saturated rings. The van der Waals surface area contributed by atoms with Crippen molar-refractivity contribution in [1.29, 1.82) is 0 Å². The van der Waals surface area contributed by atoms with Crippen LogP contribution < -0.4 is 34.2 Å². The molecular formula is C74H99Cl5F4N14O22S6. The molecule has 10 heterocycles. The van der Waals surface area contributed by atoms with E-state index in [0.717, 1.165) is 55.8 Å². The first-order valence-electron chi connectivity index (χ1n) is 37.8. The lowest BCUT2D eigenvalue weighted by Gasteiger charge is -2.26. The number of aryl methyl sites for hydroxylation is 4. The van der Waals surface area contributed by atoms with Crippen LogP contribution in [-0.4, -0.2) is 221 Å². The van der Waals surface area contributed by atoms with Crippen molar-refractivity contribution < 1.29 is 130 Å². The van der Waals surface area contributed by atoms with Gasteiger partial charge in [-0.05, 0) is 131 Å². The van der Waals surface area contributed by atoms with Crippen LogP contribution in [0, 0.1) is 11.8 Å². The molecule has 7 N–H and O–H groups in total. The number of aromatic nitrogens is 10. The molecule has 2 aliphatic carbocycles. The van der Waals surface area contributed by atoms with Gasteiger partial charge in [-0.2, -0.15) is 57.5 Å². The summed E-state index contributed by atoms with van der Waals surface area (Å²) in [5, 5.41) is 23.7. The lowest BCUT2D eigenvalue weighted by Crippen LogP contribution is -2.42. The third-order valence-corrected chi connectivity index (χ3v) is 28.0. The molecule has 6 atom stereocenters. The van der Waals surface area contributed by atoms with Crippen molar-refractivity contribution in [3.63, 3.8) is 0 Å². The summed E-state index contributed by atoms with van der Waals surface area (Å²) in [5.74, 6) is -0.618. The summed E-state index contributed by atoms with van der Waals surface area (Å²) in [6, 6.07) is 6.50. The molecule has 36 nitrogen and oxygen atoms in total. The average Bonchev–Trinajstić information content (AvgIpc) is 1.66. The van der Waals surface area contributed by atoms with Crippen molar-refractivity contribution in [2.75, 3.05) is 60.2 Å². The topological polar surface area (TPSA) is 474 Å². The fraction of sp³-hybridized carbons (Fsp3) is 0.500. The fourth-order valence-corrected chi connectivity index (χ4v) is 20.4. The number of benzene rings is 2. The number of sulfonamides is 3. The molecule has 51 heteroatoms. The number of carbonyl (C=O) groups is 3. The SMILES string of the molecule is COC(=O)[C@@H]1CCCN1.COC(=O)[C@@H]1CCCN1S(=O)(=O)c1nccn1C.Cn1ccnc1S(=O)(=O)Cl.Cn1ccnc1S(=O)(=O)N1CCC[C@H]1C(=O)O[C@@H](Cc1c(Cl)c[nH+]cc1Cl)c1ccc(OC(F)F)c(OCC2CC2)c1.Cn1ccnc1S(=O)(=O)N1CCC[C@H]1CO.O[C@@H](Cc1c(Cl)c[nH+]cc1Cl)c1ccc(OC(F)F)c(OCC2CC2)c1.S.S.[OH-].[OH-]. The number of aliphatic hydroxyl groups is 2. The Kier molecular flexibility index (Phi) is 42.7. The molecule has 125 heavy (non-hydrogen) atoms. The van der Waals surface area contributed by atoms with Gasteiger partial charge in [0.25, 0.3) is 39.1 Å². The number of aromatic amines is 2. The molecule has 4 saturated heterocycles. The molecule has 2 saturated carbocycles. The Morgan fingerprint density at radius 2 is 0.904 bits per heavy atom. The lowest BCUT2D eigenvalue weighted by molar-refractivity contribution is -0.378. The molecule has 0 radical (unpaired) electrons. The number of nitrogens with zero attached hydrogens (tertiary/aromatic N) is 11. The zero-order chi connectivity index (χ0) is 88.3. The van der Waals surface area contributed by atoms with Crippen LogP contribution in [-0.2, 0) is 109 Å².